The van der Waals surface area contributed by atoms with Gasteiger partial charge in [0.15, 0.2) is 6.10 Å². The molecule has 0 aliphatic carbocycles. The molecular weight excluding hydrogens is 360 g/mol. The molecule has 0 aromatic rings. The van der Waals surface area contributed by atoms with Crippen LogP contribution in [0.4, 0.5) is 0 Å². The summed E-state index contributed by atoms with van der Waals surface area (Å²) in [5, 5.41) is 0. The maximum atomic E-state index is 12.2. The fourth-order valence-corrected chi connectivity index (χ4v) is 4.13. The van der Waals surface area contributed by atoms with Gasteiger partial charge in [0, 0.05) is 0 Å². The van der Waals surface area contributed by atoms with Gasteiger partial charge >= 0.3 is 5.97 Å². The third-order valence-electron chi connectivity index (χ3n) is 6.27. The predicted molar refractivity (Wildman–Crippen MR) is 123 cm³/mol. The van der Waals surface area contributed by atoms with Crippen molar-refractivity contribution in [2.24, 2.45) is 0 Å². The normalized spacial score (nSPS) is 19.3. The predicted octanol–water partition coefficient (Wildman–Crippen LogP) is 8.14. The number of carbonyl (C=O) groups is 1. The highest BCUT2D eigenvalue weighted by Gasteiger charge is 2.46. The quantitative estimate of drug-likeness (QED) is 0.109. The van der Waals surface area contributed by atoms with Gasteiger partial charge < -0.3 is 9.47 Å². The van der Waals surface area contributed by atoms with Gasteiger partial charge in [-0.25, -0.2) is 4.79 Å². The van der Waals surface area contributed by atoms with Crippen molar-refractivity contribution < 1.29 is 14.3 Å². The van der Waals surface area contributed by atoms with E-state index >= 15 is 0 Å². The molecule has 1 heterocycles. The van der Waals surface area contributed by atoms with Gasteiger partial charge in [0.05, 0.1) is 6.10 Å². The molecule has 172 valence electrons. The van der Waals surface area contributed by atoms with Gasteiger partial charge in [-0.15, -0.1) is 0 Å². The molecule has 1 rings (SSSR count). The summed E-state index contributed by atoms with van der Waals surface area (Å²) in [5.41, 5.74) is 0. The first-order valence-electron chi connectivity index (χ1n) is 13.1. The number of carbonyl (C=O) groups excluding carboxylic acids is 1. The maximum Gasteiger partial charge on any atom is 0.338 e. The van der Waals surface area contributed by atoms with Gasteiger partial charge in [-0.05, 0) is 25.7 Å². The van der Waals surface area contributed by atoms with Crippen molar-refractivity contribution >= 4 is 5.97 Å². The molecule has 0 N–H and O–H groups in total. The molecule has 0 spiro atoms. The van der Waals surface area contributed by atoms with E-state index in [1.54, 1.807) is 0 Å². The van der Waals surface area contributed by atoms with Gasteiger partial charge in [0.1, 0.15) is 6.10 Å². The Morgan fingerprint density at radius 2 is 1.21 bits per heavy atom. The van der Waals surface area contributed by atoms with E-state index in [0.717, 1.165) is 25.7 Å². The summed E-state index contributed by atoms with van der Waals surface area (Å²) in [6.07, 6.45) is 24.3. The van der Waals surface area contributed by atoms with Crippen LogP contribution in [0, 0.1) is 0 Å². The van der Waals surface area contributed by atoms with E-state index in [4.69, 9.17) is 9.47 Å². The Labute approximate surface area is 181 Å². The van der Waals surface area contributed by atoms with Crippen molar-refractivity contribution in [1.82, 2.24) is 0 Å². The van der Waals surface area contributed by atoms with Gasteiger partial charge in [0.2, 0.25) is 0 Å². The smallest absolute Gasteiger partial charge is 0.338 e. The molecular formula is C26H50O3. The van der Waals surface area contributed by atoms with Crippen molar-refractivity contribution in [3.8, 4) is 0 Å². The van der Waals surface area contributed by atoms with Crippen LogP contribution in [0.3, 0.4) is 0 Å². The monoisotopic (exact) mass is 410 g/mol. The third kappa shape index (κ3) is 14.1. The Morgan fingerprint density at radius 1 is 0.724 bits per heavy atom. The number of ether oxygens (including phenoxy) is 2. The van der Waals surface area contributed by atoms with Crippen molar-refractivity contribution in [3.63, 3.8) is 0 Å². The molecule has 3 nitrogen and oxygen atoms in total. The molecule has 3 heteroatoms. The van der Waals surface area contributed by atoms with Crippen LogP contribution < -0.4 is 0 Å². The first kappa shape index (κ1) is 26.5. The van der Waals surface area contributed by atoms with Crippen LogP contribution in [0.1, 0.15) is 143 Å². The zero-order chi connectivity index (χ0) is 21.2. The number of rotatable bonds is 21. The summed E-state index contributed by atoms with van der Waals surface area (Å²) in [6, 6.07) is 0. The fraction of sp³-hybridized carbons (Fsp3) is 0.962. The van der Waals surface area contributed by atoms with Gasteiger partial charge in [-0.1, -0.05) is 117 Å². The van der Waals surface area contributed by atoms with Crippen LogP contribution >= 0.6 is 0 Å². The molecule has 0 radical (unpaired) electrons. The summed E-state index contributed by atoms with van der Waals surface area (Å²) in [5.74, 6) is -0.118. The molecule has 1 aliphatic rings. The van der Waals surface area contributed by atoms with E-state index in [2.05, 4.69) is 20.8 Å². The Bertz CT molecular complexity index is 382. The summed E-state index contributed by atoms with van der Waals surface area (Å²) >= 11 is 0. The van der Waals surface area contributed by atoms with Crippen LogP contribution in [-0.2, 0) is 14.3 Å². The number of epoxide rings is 1. The second-order valence-electron chi connectivity index (χ2n) is 9.09. The Kier molecular flexibility index (Phi) is 16.6. The molecule has 0 aromatic heterocycles. The van der Waals surface area contributed by atoms with E-state index in [-0.39, 0.29) is 24.3 Å². The minimum absolute atomic E-state index is 0.0789. The molecule has 0 amide bonds. The lowest BCUT2D eigenvalue weighted by molar-refractivity contribution is -0.151. The molecule has 3 atom stereocenters. The molecule has 1 fully saturated rings. The second-order valence-corrected chi connectivity index (χ2v) is 9.09. The zero-order valence-corrected chi connectivity index (χ0v) is 19.9. The van der Waals surface area contributed by atoms with Crippen molar-refractivity contribution in [3.05, 3.63) is 0 Å². The summed E-state index contributed by atoms with van der Waals surface area (Å²) in [6.45, 7) is 6.58. The van der Waals surface area contributed by atoms with Crippen LogP contribution in [0.25, 0.3) is 0 Å². The Morgan fingerprint density at radius 3 is 1.72 bits per heavy atom. The lowest BCUT2D eigenvalue weighted by atomic mass is 10.0. The average Bonchev–Trinajstić information content (AvgIpc) is 3.50. The molecule has 0 saturated carbocycles. The second kappa shape index (κ2) is 18.2. The van der Waals surface area contributed by atoms with Crippen LogP contribution in [0.5, 0.6) is 0 Å². The van der Waals surface area contributed by atoms with E-state index in [1.807, 2.05) is 0 Å². The van der Waals surface area contributed by atoms with Crippen LogP contribution in [0.15, 0.2) is 0 Å². The summed E-state index contributed by atoms with van der Waals surface area (Å²) < 4.78 is 11.2. The maximum absolute atomic E-state index is 12.2. The highest BCUT2D eigenvalue weighted by Crippen LogP contribution is 2.29. The molecule has 0 bridgehead atoms. The van der Waals surface area contributed by atoms with Gasteiger partial charge in [0.25, 0.3) is 0 Å². The molecule has 1 aliphatic heterocycles. The number of unbranched alkanes of at least 4 members (excludes halogenated alkanes) is 14. The fourth-order valence-electron chi connectivity index (χ4n) is 4.13. The highest BCUT2D eigenvalue weighted by molar-refractivity contribution is 5.78. The molecule has 1 saturated heterocycles. The molecule has 3 unspecified atom stereocenters. The standard InChI is InChI=1S/C26H50O3/c1-4-7-9-10-11-12-13-14-15-16-17-18-20-22-24-25(29-24)26(27)28-23(6-3)21-19-8-5-2/h23-25H,4-22H2,1-3H3. The largest absolute Gasteiger partial charge is 0.460 e. The Balaban J connectivity index is 1.88. The first-order chi connectivity index (χ1) is 14.2. The minimum atomic E-state index is -0.271. The topological polar surface area (TPSA) is 38.8 Å². The average molecular weight is 411 g/mol. The van der Waals surface area contributed by atoms with E-state index in [1.165, 1.54) is 96.3 Å². The van der Waals surface area contributed by atoms with Crippen LogP contribution in [0.2, 0.25) is 0 Å². The SMILES string of the molecule is CCCCCCCCCCCCCCCC1OC1C(=O)OC(CC)CCCCC. The van der Waals surface area contributed by atoms with Crippen LogP contribution in [-0.4, -0.2) is 24.3 Å². The zero-order valence-electron chi connectivity index (χ0n) is 19.9. The lowest BCUT2D eigenvalue weighted by Gasteiger charge is -2.15. The minimum Gasteiger partial charge on any atom is -0.460 e. The first-order valence-corrected chi connectivity index (χ1v) is 13.1. The third-order valence-corrected chi connectivity index (χ3v) is 6.27. The summed E-state index contributed by atoms with van der Waals surface area (Å²) in [7, 11) is 0. The molecule has 29 heavy (non-hydrogen) atoms. The number of hydrogen-bond acceptors (Lipinski definition) is 3. The number of hydrogen-bond donors (Lipinski definition) is 0. The molecule has 0 aromatic carbocycles. The number of esters is 1. The van der Waals surface area contributed by atoms with E-state index in [9.17, 15) is 4.79 Å². The van der Waals surface area contributed by atoms with Crippen molar-refractivity contribution in [2.75, 3.05) is 0 Å². The van der Waals surface area contributed by atoms with E-state index < -0.39 is 0 Å². The highest BCUT2D eigenvalue weighted by atomic mass is 16.6. The van der Waals surface area contributed by atoms with Crippen molar-refractivity contribution in [1.29, 1.82) is 0 Å². The summed E-state index contributed by atoms with van der Waals surface area (Å²) in [4.78, 5) is 12.2. The lowest BCUT2D eigenvalue weighted by Crippen LogP contribution is -2.22. The van der Waals surface area contributed by atoms with Crippen molar-refractivity contribution in [2.45, 2.75) is 161 Å². The van der Waals surface area contributed by atoms with E-state index in [0.29, 0.717) is 0 Å². The Hall–Kier alpha value is -0.570. The van der Waals surface area contributed by atoms with Gasteiger partial charge in [-0.3, -0.25) is 0 Å². The van der Waals surface area contributed by atoms with Gasteiger partial charge in [-0.2, -0.15) is 0 Å².